The number of alkyl halides is 3. The lowest BCUT2D eigenvalue weighted by atomic mass is 9.74. The lowest BCUT2D eigenvalue weighted by Gasteiger charge is -2.36. The average Bonchev–Trinajstić information content (AvgIpc) is 2.19. The van der Waals surface area contributed by atoms with Crippen molar-refractivity contribution in [1.29, 1.82) is 0 Å². The minimum atomic E-state index is -4.33. The molecule has 3 N–H and O–H groups in total. The molecular formula is C11H20F3NO. The number of rotatable bonds is 3. The minimum Gasteiger partial charge on any atom is -0.395 e. The van der Waals surface area contributed by atoms with Gasteiger partial charge in [0.15, 0.2) is 0 Å². The Morgan fingerprint density at radius 1 is 1.19 bits per heavy atom. The van der Waals surface area contributed by atoms with Crippen LogP contribution in [0.4, 0.5) is 13.2 Å². The zero-order valence-electron chi connectivity index (χ0n) is 9.56. The molecule has 0 radical (unpaired) electrons. The third-order valence-corrected chi connectivity index (χ3v) is 3.66. The molecule has 1 atom stereocenters. The molecule has 1 rings (SSSR count). The Labute approximate surface area is 94.0 Å². The molecular weight excluding hydrogens is 219 g/mol. The first-order valence-electron chi connectivity index (χ1n) is 5.71. The SMILES string of the molecule is C[C@](CO)(CC1CCC(N)CC1)C(F)(F)F. The molecule has 1 aliphatic rings. The van der Waals surface area contributed by atoms with E-state index in [9.17, 15) is 13.2 Å². The zero-order chi connectivity index (χ0) is 12.4. The van der Waals surface area contributed by atoms with Gasteiger partial charge in [-0.2, -0.15) is 13.2 Å². The van der Waals surface area contributed by atoms with Crippen LogP contribution >= 0.6 is 0 Å². The Bertz CT molecular complexity index is 224. The highest BCUT2D eigenvalue weighted by atomic mass is 19.4. The highest BCUT2D eigenvalue weighted by molar-refractivity contribution is 4.86. The first-order chi connectivity index (χ1) is 7.28. The number of nitrogens with two attached hydrogens (primary N) is 1. The van der Waals surface area contributed by atoms with Crippen molar-refractivity contribution in [1.82, 2.24) is 0 Å². The quantitative estimate of drug-likeness (QED) is 0.794. The molecule has 1 saturated carbocycles. The van der Waals surface area contributed by atoms with E-state index < -0.39 is 18.2 Å². The second-order valence-electron chi connectivity index (χ2n) is 5.20. The second-order valence-corrected chi connectivity index (χ2v) is 5.20. The van der Waals surface area contributed by atoms with E-state index in [0.717, 1.165) is 32.6 Å². The van der Waals surface area contributed by atoms with Crippen LogP contribution in [0.5, 0.6) is 0 Å². The van der Waals surface area contributed by atoms with Crippen LogP contribution in [-0.2, 0) is 0 Å². The van der Waals surface area contributed by atoms with E-state index in [1.165, 1.54) is 0 Å². The number of aliphatic hydroxyl groups excluding tert-OH is 1. The molecule has 0 spiro atoms. The fraction of sp³-hybridized carbons (Fsp3) is 1.00. The number of aliphatic hydroxyl groups is 1. The summed E-state index contributed by atoms with van der Waals surface area (Å²) in [6, 6.07) is 0.141. The average molecular weight is 239 g/mol. The zero-order valence-corrected chi connectivity index (χ0v) is 9.56. The largest absolute Gasteiger partial charge is 0.396 e. The highest BCUT2D eigenvalue weighted by Gasteiger charge is 2.51. The molecule has 1 fully saturated rings. The van der Waals surface area contributed by atoms with Gasteiger partial charge >= 0.3 is 6.18 Å². The predicted octanol–water partition coefficient (Wildman–Crippen LogP) is 2.45. The molecule has 0 amide bonds. The van der Waals surface area contributed by atoms with Crippen molar-refractivity contribution >= 4 is 0 Å². The van der Waals surface area contributed by atoms with Gasteiger partial charge in [-0.25, -0.2) is 0 Å². The number of halogens is 3. The van der Waals surface area contributed by atoms with Gasteiger partial charge in [-0.1, -0.05) is 0 Å². The summed E-state index contributed by atoms with van der Waals surface area (Å²) in [7, 11) is 0. The van der Waals surface area contributed by atoms with Gasteiger partial charge in [0.05, 0.1) is 12.0 Å². The van der Waals surface area contributed by atoms with Gasteiger partial charge in [-0.05, 0) is 44.9 Å². The molecule has 0 aromatic rings. The van der Waals surface area contributed by atoms with Crippen molar-refractivity contribution in [2.45, 2.75) is 51.2 Å². The predicted molar refractivity (Wildman–Crippen MR) is 55.8 cm³/mol. The lowest BCUT2D eigenvalue weighted by Crippen LogP contribution is -2.41. The first-order valence-corrected chi connectivity index (χ1v) is 5.71. The molecule has 2 nitrogen and oxygen atoms in total. The van der Waals surface area contributed by atoms with Crippen LogP contribution in [0.3, 0.4) is 0 Å². The van der Waals surface area contributed by atoms with E-state index in [2.05, 4.69) is 0 Å². The molecule has 96 valence electrons. The van der Waals surface area contributed by atoms with Crippen molar-refractivity contribution in [3.8, 4) is 0 Å². The highest BCUT2D eigenvalue weighted by Crippen LogP contribution is 2.44. The minimum absolute atomic E-state index is 0.0136. The van der Waals surface area contributed by atoms with Crippen LogP contribution in [-0.4, -0.2) is 23.9 Å². The van der Waals surface area contributed by atoms with Gasteiger partial charge in [-0.15, -0.1) is 0 Å². The second kappa shape index (κ2) is 4.92. The molecule has 16 heavy (non-hydrogen) atoms. The number of hydrogen-bond acceptors (Lipinski definition) is 2. The van der Waals surface area contributed by atoms with Crippen LogP contribution in [0.15, 0.2) is 0 Å². The topological polar surface area (TPSA) is 46.2 Å². The molecule has 1 aliphatic carbocycles. The van der Waals surface area contributed by atoms with Gasteiger partial charge in [0.2, 0.25) is 0 Å². The molecule has 0 saturated heterocycles. The summed E-state index contributed by atoms with van der Waals surface area (Å²) < 4.78 is 38.3. The monoisotopic (exact) mass is 239 g/mol. The van der Waals surface area contributed by atoms with E-state index >= 15 is 0 Å². The summed E-state index contributed by atoms with van der Waals surface area (Å²) in [5.41, 5.74) is 3.75. The van der Waals surface area contributed by atoms with Gasteiger partial charge in [0, 0.05) is 6.04 Å². The Kier molecular flexibility index (Phi) is 4.23. The van der Waals surface area contributed by atoms with Crippen LogP contribution in [0.1, 0.15) is 39.0 Å². The van der Waals surface area contributed by atoms with Crippen molar-refractivity contribution in [3.05, 3.63) is 0 Å². The summed E-state index contributed by atoms with van der Waals surface area (Å²) >= 11 is 0. The molecule has 0 aromatic heterocycles. The van der Waals surface area contributed by atoms with Gasteiger partial charge < -0.3 is 10.8 Å². The van der Waals surface area contributed by atoms with Gasteiger partial charge in [-0.3, -0.25) is 0 Å². The van der Waals surface area contributed by atoms with E-state index in [-0.39, 0.29) is 18.4 Å². The van der Waals surface area contributed by atoms with Crippen molar-refractivity contribution in [3.63, 3.8) is 0 Å². The molecule has 0 unspecified atom stereocenters. The maximum atomic E-state index is 12.8. The van der Waals surface area contributed by atoms with E-state index in [0.29, 0.717) is 0 Å². The van der Waals surface area contributed by atoms with Crippen LogP contribution in [0.2, 0.25) is 0 Å². The Morgan fingerprint density at radius 2 is 1.69 bits per heavy atom. The molecule has 5 heteroatoms. The maximum absolute atomic E-state index is 12.8. The maximum Gasteiger partial charge on any atom is 0.396 e. The van der Waals surface area contributed by atoms with Crippen molar-refractivity contribution in [2.24, 2.45) is 17.1 Å². The summed E-state index contributed by atoms with van der Waals surface area (Å²) in [4.78, 5) is 0. The fourth-order valence-electron chi connectivity index (χ4n) is 2.30. The van der Waals surface area contributed by atoms with E-state index in [1.807, 2.05) is 0 Å². The summed E-state index contributed by atoms with van der Waals surface area (Å²) in [6.45, 7) is 0.264. The molecule has 0 aromatic carbocycles. The summed E-state index contributed by atoms with van der Waals surface area (Å²) in [6.07, 6.45) is -1.24. The molecule has 0 aliphatic heterocycles. The van der Waals surface area contributed by atoms with E-state index in [1.54, 1.807) is 0 Å². The first kappa shape index (κ1) is 13.8. The standard InChI is InChI=1S/C11H20F3NO/c1-10(7-16,11(12,13)14)6-8-2-4-9(15)5-3-8/h8-9,16H,2-7,15H2,1H3/t8?,9?,10-/m1/s1. The third-order valence-electron chi connectivity index (χ3n) is 3.66. The third kappa shape index (κ3) is 3.10. The Morgan fingerprint density at radius 3 is 2.06 bits per heavy atom. The Balaban J connectivity index is 2.57. The number of hydrogen-bond donors (Lipinski definition) is 2. The van der Waals surface area contributed by atoms with Crippen molar-refractivity contribution < 1.29 is 18.3 Å². The van der Waals surface area contributed by atoms with Crippen LogP contribution < -0.4 is 5.73 Å². The Hall–Kier alpha value is -0.290. The van der Waals surface area contributed by atoms with Crippen LogP contribution in [0, 0.1) is 11.3 Å². The smallest absolute Gasteiger partial charge is 0.395 e. The van der Waals surface area contributed by atoms with Gasteiger partial charge in [0.1, 0.15) is 0 Å². The van der Waals surface area contributed by atoms with Crippen molar-refractivity contribution in [2.75, 3.05) is 6.61 Å². The summed E-state index contributed by atoms with van der Waals surface area (Å²) in [5, 5.41) is 8.96. The van der Waals surface area contributed by atoms with E-state index in [4.69, 9.17) is 10.8 Å². The van der Waals surface area contributed by atoms with Crippen LogP contribution in [0.25, 0.3) is 0 Å². The fourth-order valence-corrected chi connectivity index (χ4v) is 2.30. The summed E-state index contributed by atoms with van der Waals surface area (Å²) in [5.74, 6) is 0.0403. The lowest BCUT2D eigenvalue weighted by molar-refractivity contribution is -0.235. The molecule has 0 bridgehead atoms. The van der Waals surface area contributed by atoms with Gasteiger partial charge in [0.25, 0.3) is 0 Å². The normalized spacial score (nSPS) is 31.1. The molecule has 0 heterocycles.